The van der Waals surface area contributed by atoms with Crippen LogP contribution in [-0.2, 0) is 0 Å². The minimum Gasteiger partial charge on any atom is -0.309 e. The molecule has 2 fully saturated rings. The van der Waals surface area contributed by atoms with E-state index in [9.17, 15) is 0 Å². The molecule has 2 aliphatic carbocycles. The van der Waals surface area contributed by atoms with Crippen molar-refractivity contribution in [2.24, 2.45) is 23.7 Å². The van der Waals surface area contributed by atoms with Gasteiger partial charge in [0.2, 0.25) is 0 Å². The van der Waals surface area contributed by atoms with Crippen molar-refractivity contribution in [2.75, 3.05) is 20.6 Å². The first-order valence-electron chi connectivity index (χ1n) is 5.33. The molecule has 2 aliphatic rings. The van der Waals surface area contributed by atoms with Crippen LogP contribution in [0.2, 0.25) is 0 Å². The monoisotopic (exact) mass is 167 g/mol. The summed E-state index contributed by atoms with van der Waals surface area (Å²) in [5, 5.41) is 0. The molecule has 2 saturated carbocycles. The van der Waals surface area contributed by atoms with Gasteiger partial charge in [0, 0.05) is 6.54 Å². The Morgan fingerprint density at radius 1 is 1.17 bits per heavy atom. The van der Waals surface area contributed by atoms with Gasteiger partial charge in [-0.05, 0) is 57.0 Å². The molecule has 0 aromatic rings. The molecular weight excluding hydrogens is 146 g/mol. The fourth-order valence-electron chi connectivity index (χ4n) is 3.36. The van der Waals surface area contributed by atoms with Crippen LogP contribution in [0.1, 0.15) is 26.2 Å². The SMILES string of the molecule is CC1CC2C(CN(C)C)CCC12. The van der Waals surface area contributed by atoms with Gasteiger partial charge >= 0.3 is 0 Å². The molecular formula is C11H21N. The summed E-state index contributed by atoms with van der Waals surface area (Å²) < 4.78 is 0. The zero-order valence-corrected chi connectivity index (χ0v) is 8.59. The molecule has 0 aromatic carbocycles. The summed E-state index contributed by atoms with van der Waals surface area (Å²) in [5.74, 6) is 4.28. The predicted molar refractivity (Wildman–Crippen MR) is 52.0 cm³/mol. The molecule has 2 rings (SSSR count). The van der Waals surface area contributed by atoms with Crippen LogP contribution in [0.25, 0.3) is 0 Å². The van der Waals surface area contributed by atoms with Crippen molar-refractivity contribution in [1.29, 1.82) is 0 Å². The summed E-state index contributed by atoms with van der Waals surface area (Å²) in [6.45, 7) is 3.76. The highest BCUT2D eigenvalue weighted by atomic mass is 15.1. The van der Waals surface area contributed by atoms with Crippen molar-refractivity contribution in [2.45, 2.75) is 26.2 Å². The van der Waals surface area contributed by atoms with Crippen LogP contribution in [-0.4, -0.2) is 25.5 Å². The zero-order chi connectivity index (χ0) is 8.72. The van der Waals surface area contributed by atoms with Crippen LogP contribution in [0.15, 0.2) is 0 Å². The summed E-state index contributed by atoms with van der Waals surface area (Å²) >= 11 is 0. The lowest BCUT2D eigenvalue weighted by Gasteiger charge is -2.41. The summed E-state index contributed by atoms with van der Waals surface area (Å²) in [5.41, 5.74) is 0. The highest BCUT2D eigenvalue weighted by Gasteiger charge is 2.46. The van der Waals surface area contributed by atoms with E-state index in [0.29, 0.717) is 0 Å². The van der Waals surface area contributed by atoms with Gasteiger partial charge in [0.15, 0.2) is 0 Å². The van der Waals surface area contributed by atoms with Crippen LogP contribution in [0, 0.1) is 23.7 Å². The molecule has 1 nitrogen and oxygen atoms in total. The Bertz CT molecular complexity index is 164. The molecule has 0 aliphatic heterocycles. The first-order valence-corrected chi connectivity index (χ1v) is 5.33. The van der Waals surface area contributed by atoms with E-state index in [-0.39, 0.29) is 0 Å². The maximum absolute atomic E-state index is 2.43. The average molecular weight is 167 g/mol. The Morgan fingerprint density at radius 3 is 2.42 bits per heavy atom. The van der Waals surface area contributed by atoms with Gasteiger partial charge in [0.1, 0.15) is 0 Å². The average Bonchev–Trinajstić information content (AvgIpc) is 2.26. The molecule has 12 heavy (non-hydrogen) atoms. The van der Waals surface area contributed by atoms with Crippen LogP contribution in [0.5, 0.6) is 0 Å². The van der Waals surface area contributed by atoms with Gasteiger partial charge in [0.05, 0.1) is 0 Å². The molecule has 0 spiro atoms. The molecule has 0 aromatic heterocycles. The summed E-state index contributed by atoms with van der Waals surface area (Å²) in [7, 11) is 4.41. The summed E-state index contributed by atoms with van der Waals surface area (Å²) in [6, 6.07) is 0. The van der Waals surface area contributed by atoms with Crippen molar-refractivity contribution in [3.8, 4) is 0 Å². The lowest BCUT2D eigenvalue weighted by atomic mass is 9.65. The van der Waals surface area contributed by atoms with E-state index in [1.165, 1.54) is 25.8 Å². The topological polar surface area (TPSA) is 3.24 Å². The second-order valence-corrected chi connectivity index (χ2v) is 5.14. The van der Waals surface area contributed by atoms with Crippen LogP contribution in [0.4, 0.5) is 0 Å². The fourth-order valence-corrected chi connectivity index (χ4v) is 3.36. The highest BCUT2D eigenvalue weighted by molar-refractivity contribution is 4.96. The van der Waals surface area contributed by atoms with Crippen LogP contribution in [0.3, 0.4) is 0 Å². The van der Waals surface area contributed by atoms with Crippen LogP contribution >= 0.6 is 0 Å². The van der Waals surface area contributed by atoms with Crippen LogP contribution < -0.4 is 0 Å². The molecule has 1 heteroatoms. The van der Waals surface area contributed by atoms with E-state index in [0.717, 1.165) is 23.7 Å². The molecule has 0 bridgehead atoms. The third-order valence-corrected chi connectivity index (χ3v) is 4.00. The summed E-state index contributed by atoms with van der Waals surface area (Å²) in [6.07, 6.45) is 4.53. The number of hydrogen-bond donors (Lipinski definition) is 0. The van der Waals surface area contributed by atoms with Gasteiger partial charge in [-0.3, -0.25) is 0 Å². The largest absolute Gasteiger partial charge is 0.309 e. The molecule has 4 atom stereocenters. The van der Waals surface area contributed by atoms with Crippen molar-refractivity contribution in [3.05, 3.63) is 0 Å². The van der Waals surface area contributed by atoms with E-state index in [1.807, 2.05) is 0 Å². The molecule has 0 N–H and O–H groups in total. The van der Waals surface area contributed by atoms with Gasteiger partial charge in [-0.25, -0.2) is 0 Å². The quantitative estimate of drug-likeness (QED) is 0.609. The van der Waals surface area contributed by atoms with E-state index in [1.54, 1.807) is 0 Å². The maximum Gasteiger partial charge on any atom is 0.000631 e. The van der Waals surface area contributed by atoms with E-state index >= 15 is 0 Å². The van der Waals surface area contributed by atoms with E-state index < -0.39 is 0 Å². The van der Waals surface area contributed by atoms with Gasteiger partial charge in [-0.15, -0.1) is 0 Å². The predicted octanol–water partition coefficient (Wildman–Crippen LogP) is 2.23. The summed E-state index contributed by atoms with van der Waals surface area (Å²) in [4.78, 5) is 2.36. The van der Waals surface area contributed by atoms with E-state index in [2.05, 4.69) is 25.9 Å². The Balaban J connectivity index is 1.87. The molecule has 0 amide bonds. The Hall–Kier alpha value is -0.0400. The number of hydrogen-bond acceptors (Lipinski definition) is 1. The third kappa shape index (κ3) is 1.28. The minimum atomic E-state index is 1.03. The highest BCUT2D eigenvalue weighted by Crippen LogP contribution is 2.53. The molecule has 0 heterocycles. The normalized spacial score (nSPS) is 46.0. The smallest absolute Gasteiger partial charge is 0.000631 e. The van der Waals surface area contributed by atoms with Gasteiger partial charge in [-0.2, -0.15) is 0 Å². The Kier molecular flexibility index (Phi) is 2.16. The number of fused-ring (bicyclic) bond motifs is 1. The first kappa shape index (κ1) is 8.55. The van der Waals surface area contributed by atoms with Gasteiger partial charge < -0.3 is 4.90 Å². The standard InChI is InChI=1S/C11H21N/c1-8-6-11-9(7-12(2)3)4-5-10(8)11/h8-11H,4-7H2,1-3H3. The molecule has 4 unspecified atom stereocenters. The lowest BCUT2D eigenvalue weighted by Crippen LogP contribution is -2.36. The van der Waals surface area contributed by atoms with Gasteiger partial charge in [0.25, 0.3) is 0 Å². The second-order valence-electron chi connectivity index (χ2n) is 5.14. The van der Waals surface area contributed by atoms with Crippen molar-refractivity contribution < 1.29 is 0 Å². The van der Waals surface area contributed by atoms with Crippen molar-refractivity contribution >= 4 is 0 Å². The molecule has 0 saturated heterocycles. The molecule has 70 valence electrons. The minimum absolute atomic E-state index is 1.03. The number of rotatable bonds is 2. The second kappa shape index (κ2) is 3.02. The Morgan fingerprint density at radius 2 is 1.92 bits per heavy atom. The van der Waals surface area contributed by atoms with Crippen molar-refractivity contribution in [3.63, 3.8) is 0 Å². The third-order valence-electron chi connectivity index (χ3n) is 4.00. The zero-order valence-electron chi connectivity index (χ0n) is 8.59. The fraction of sp³-hybridized carbons (Fsp3) is 1.00. The van der Waals surface area contributed by atoms with Crippen molar-refractivity contribution in [1.82, 2.24) is 4.90 Å². The number of nitrogens with zero attached hydrogens (tertiary/aromatic N) is 1. The maximum atomic E-state index is 2.43. The Labute approximate surface area is 76.1 Å². The van der Waals surface area contributed by atoms with Gasteiger partial charge in [-0.1, -0.05) is 6.92 Å². The van der Waals surface area contributed by atoms with E-state index in [4.69, 9.17) is 0 Å². The molecule has 0 radical (unpaired) electrons. The first-order chi connectivity index (χ1) is 5.68. The lowest BCUT2D eigenvalue weighted by molar-refractivity contribution is 0.0780.